The van der Waals surface area contributed by atoms with Crippen LogP contribution in [0.5, 0.6) is 5.75 Å². The first-order chi connectivity index (χ1) is 22.2. The van der Waals surface area contributed by atoms with Crippen LogP contribution in [0.25, 0.3) is 28.0 Å². The molecule has 2 atom stereocenters. The second-order valence-corrected chi connectivity index (χ2v) is 13.5. The lowest BCUT2D eigenvalue weighted by molar-refractivity contribution is -0.160. The van der Waals surface area contributed by atoms with Gasteiger partial charge in [-0.25, -0.2) is 18.6 Å². The number of halogens is 2. The van der Waals surface area contributed by atoms with Crippen LogP contribution in [0.4, 0.5) is 14.6 Å². The molecule has 1 N–H and O–H groups in total. The zero-order valence-corrected chi connectivity index (χ0v) is 27.5. The van der Waals surface area contributed by atoms with Crippen molar-refractivity contribution in [3.8, 4) is 28.1 Å². The predicted molar refractivity (Wildman–Crippen MR) is 175 cm³/mol. The highest BCUT2D eigenvalue weighted by Crippen LogP contribution is 2.39. The van der Waals surface area contributed by atoms with Crippen molar-refractivity contribution in [2.75, 3.05) is 24.6 Å². The standard InChI is InChI=1S/C36H40F2N4O5/c1-21-9-8-16-45-36(6)12-14-41(15-13-36)33-31(32(34(43)44)47-35(3,4)5)22(2)39-30-20-28(40-42(30)33)24-11-7-10-23(17-24)25-18-26(37)27(38)19-29(25)46-21/h7-11,17-21,32H,12-16H2,1-6H3,(H,43,44)/b9-8+/t21-,32-/m0/s1. The molecule has 11 heteroatoms. The Hall–Kier alpha value is -4.35. The Kier molecular flexibility index (Phi) is 8.56. The van der Waals surface area contributed by atoms with Gasteiger partial charge in [0.2, 0.25) is 0 Å². The zero-order chi connectivity index (χ0) is 33.7. The zero-order valence-electron chi connectivity index (χ0n) is 27.5. The molecule has 47 heavy (non-hydrogen) atoms. The number of piperidine rings is 1. The highest BCUT2D eigenvalue weighted by atomic mass is 19.2. The largest absolute Gasteiger partial charge is 0.486 e. The van der Waals surface area contributed by atoms with Crippen molar-refractivity contribution in [3.05, 3.63) is 77.5 Å². The van der Waals surface area contributed by atoms with Gasteiger partial charge < -0.3 is 24.2 Å². The number of ether oxygens (including phenoxy) is 3. The summed E-state index contributed by atoms with van der Waals surface area (Å²) in [5, 5.41) is 15.4. The molecule has 6 bridgehead atoms. The summed E-state index contributed by atoms with van der Waals surface area (Å²) >= 11 is 0. The van der Waals surface area contributed by atoms with Crippen molar-refractivity contribution in [3.63, 3.8) is 0 Å². The smallest absolute Gasteiger partial charge is 0.337 e. The van der Waals surface area contributed by atoms with Crippen LogP contribution in [0.2, 0.25) is 0 Å². The maximum Gasteiger partial charge on any atom is 0.337 e. The van der Waals surface area contributed by atoms with E-state index in [1.165, 1.54) is 0 Å². The van der Waals surface area contributed by atoms with Gasteiger partial charge in [0, 0.05) is 42.0 Å². The number of anilines is 1. The van der Waals surface area contributed by atoms with Crippen LogP contribution >= 0.6 is 0 Å². The second kappa shape index (κ2) is 12.4. The van der Waals surface area contributed by atoms with E-state index in [-0.39, 0.29) is 5.75 Å². The molecule has 5 heterocycles. The minimum atomic E-state index is -1.29. The first kappa shape index (κ1) is 32.6. The first-order valence-electron chi connectivity index (χ1n) is 15.8. The molecule has 0 unspecified atom stereocenters. The van der Waals surface area contributed by atoms with Crippen LogP contribution in [-0.2, 0) is 14.3 Å². The Bertz CT molecular complexity index is 1860. The SMILES string of the molecule is Cc1nc2cc3nn2c(c1[C@H](OC(C)(C)C)C(=O)O)N1CCC(C)(CC1)OC/C=C/[C@H](C)Oc1cc(F)c(F)cc1-c1cccc-3c1. The Labute approximate surface area is 272 Å². The molecular weight excluding hydrogens is 606 g/mol. The molecule has 9 nitrogen and oxygen atoms in total. The summed E-state index contributed by atoms with van der Waals surface area (Å²) in [6, 6.07) is 11.4. The van der Waals surface area contributed by atoms with Crippen LogP contribution in [0.15, 0.2) is 54.6 Å². The lowest BCUT2D eigenvalue weighted by Crippen LogP contribution is -2.45. The number of fused-ring (bicyclic) bond motifs is 6. The molecule has 2 aromatic carbocycles. The average molecular weight is 647 g/mol. The van der Waals surface area contributed by atoms with Gasteiger partial charge in [-0.2, -0.15) is 9.61 Å². The number of aliphatic carboxylic acids is 1. The lowest BCUT2D eigenvalue weighted by atomic mass is 9.92. The second-order valence-electron chi connectivity index (χ2n) is 13.5. The van der Waals surface area contributed by atoms with Gasteiger partial charge in [0.25, 0.3) is 0 Å². The van der Waals surface area contributed by atoms with E-state index < -0.39 is 41.0 Å². The summed E-state index contributed by atoms with van der Waals surface area (Å²) in [6.07, 6.45) is 3.34. The maximum absolute atomic E-state index is 14.6. The molecule has 1 saturated heterocycles. The molecule has 248 valence electrons. The fourth-order valence-electron chi connectivity index (χ4n) is 6.22. The quantitative estimate of drug-likeness (QED) is 0.232. The molecule has 0 saturated carbocycles. The normalized spacial score (nSPS) is 21.4. The van der Waals surface area contributed by atoms with E-state index in [0.717, 1.165) is 12.1 Å². The molecular formula is C36H40F2N4O5. The van der Waals surface area contributed by atoms with Gasteiger partial charge in [0.1, 0.15) is 17.7 Å². The Balaban J connectivity index is 1.57. The highest BCUT2D eigenvalue weighted by Gasteiger charge is 2.38. The van der Waals surface area contributed by atoms with Crippen LogP contribution in [0.1, 0.15) is 64.8 Å². The molecule has 4 aromatic rings. The van der Waals surface area contributed by atoms with E-state index in [0.29, 0.717) is 77.6 Å². The highest BCUT2D eigenvalue weighted by molar-refractivity contribution is 5.80. The number of benzene rings is 2. The van der Waals surface area contributed by atoms with E-state index in [1.54, 1.807) is 17.5 Å². The summed E-state index contributed by atoms with van der Waals surface area (Å²) in [7, 11) is 0. The van der Waals surface area contributed by atoms with E-state index >= 15 is 0 Å². The Morgan fingerprint density at radius 1 is 1.11 bits per heavy atom. The van der Waals surface area contributed by atoms with Gasteiger partial charge in [0.05, 0.1) is 29.1 Å². The third-order valence-electron chi connectivity index (χ3n) is 8.62. The monoisotopic (exact) mass is 646 g/mol. The molecule has 0 amide bonds. The number of carbonyl (C=O) groups is 1. The summed E-state index contributed by atoms with van der Waals surface area (Å²) in [6.45, 7) is 12.7. The summed E-state index contributed by atoms with van der Waals surface area (Å²) in [5.41, 5.74) is 2.62. The number of rotatable bonds is 3. The third kappa shape index (κ3) is 6.73. The molecule has 0 spiro atoms. The van der Waals surface area contributed by atoms with Crippen molar-refractivity contribution in [2.24, 2.45) is 0 Å². The minimum absolute atomic E-state index is 0.202. The number of carboxylic acid groups (broad SMARTS) is 1. The molecule has 7 rings (SSSR count). The van der Waals surface area contributed by atoms with E-state index in [2.05, 4.69) is 11.8 Å². The van der Waals surface area contributed by atoms with Crippen LogP contribution < -0.4 is 9.64 Å². The summed E-state index contributed by atoms with van der Waals surface area (Å²) < 4.78 is 49.3. The van der Waals surface area contributed by atoms with Crippen LogP contribution in [0, 0.1) is 18.6 Å². The van der Waals surface area contributed by atoms with E-state index in [1.807, 2.05) is 64.1 Å². The van der Waals surface area contributed by atoms with Crippen molar-refractivity contribution < 1.29 is 32.9 Å². The number of hydrogen-bond acceptors (Lipinski definition) is 7. The Morgan fingerprint density at radius 3 is 2.51 bits per heavy atom. The van der Waals surface area contributed by atoms with Crippen LogP contribution in [-0.4, -0.2) is 62.7 Å². The molecule has 1 fully saturated rings. The number of aryl methyl sites for hydroxylation is 1. The predicted octanol–water partition coefficient (Wildman–Crippen LogP) is 7.30. The first-order valence-corrected chi connectivity index (χ1v) is 15.8. The summed E-state index contributed by atoms with van der Waals surface area (Å²) in [4.78, 5) is 19.7. The number of carboxylic acids is 1. The molecule has 2 aromatic heterocycles. The van der Waals surface area contributed by atoms with Crippen molar-refractivity contribution in [2.45, 2.75) is 77.8 Å². The number of aromatic nitrogens is 3. The van der Waals surface area contributed by atoms with Gasteiger partial charge in [-0.3, -0.25) is 0 Å². The molecule has 3 aliphatic rings. The topological polar surface area (TPSA) is 98.4 Å². The number of hydrogen-bond donors (Lipinski definition) is 1. The maximum atomic E-state index is 14.6. The van der Waals surface area contributed by atoms with Crippen molar-refractivity contribution in [1.29, 1.82) is 0 Å². The van der Waals surface area contributed by atoms with Crippen molar-refractivity contribution >= 4 is 17.4 Å². The third-order valence-corrected chi connectivity index (χ3v) is 8.62. The Morgan fingerprint density at radius 2 is 1.81 bits per heavy atom. The summed E-state index contributed by atoms with van der Waals surface area (Å²) in [5.74, 6) is -2.30. The fourth-order valence-corrected chi connectivity index (χ4v) is 6.22. The average Bonchev–Trinajstić information content (AvgIpc) is 3.43. The fraction of sp³-hybridized carbons (Fsp3) is 0.417. The van der Waals surface area contributed by atoms with Gasteiger partial charge >= 0.3 is 5.97 Å². The van der Waals surface area contributed by atoms with Gasteiger partial charge in [-0.1, -0.05) is 24.3 Å². The van der Waals surface area contributed by atoms with Gasteiger partial charge in [-0.15, -0.1) is 0 Å². The minimum Gasteiger partial charge on any atom is -0.486 e. The van der Waals surface area contributed by atoms with E-state index in [4.69, 9.17) is 24.3 Å². The van der Waals surface area contributed by atoms with Gasteiger partial charge in [-0.05, 0) is 78.2 Å². The lowest BCUT2D eigenvalue weighted by Gasteiger charge is -2.41. The van der Waals surface area contributed by atoms with E-state index in [9.17, 15) is 18.7 Å². The molecule has 0 aliphatic carbocycles. The molecule has 0 radical (unpaired) electrons. The van der Waals surface area contributed by atoms with Crippen LogP contribution in [0.3, 0.4) is 0 Å². The van der Waals surface area contributed by atoms with Gasteiger partial charge in [0.15, 0.2) is 23.4 Å². The van der Waals surface area contributed by atoms with Crippen molar-refractivity contribution in [1.82, 2.24) is 14.6 Å². The molecule has 3 aliphatic heterocycles. The number of nitrogens with zero attached hydrogens (tertiary/aromatic N) is 4.